The number of halogens is 1. The summed E-state index contributed by atoms with van der Waals surface area (Å²) in [5.41, 5.74) is 5.46. The standard InChI is InChI=1S/C25H27BrN6O/c1-17-4-5-21(33)11-20(17)16-31-9-6-19(7-10-31)23-12-24(28-14-18-3-2-8-27-13-18)32-25(30-23)22(26)15-29-32/h2-5,8,11-13,15,19,28,33H,6-7,9-10,14,16H2,1H3. The van der Waals surface area contributed by atoms with Crippen molar-refractivity contribution in [2.24, 2.45) is 0 Å². The normalized spacial score (nSPS) is 15.2. The van der Waals surface area contributed by atoms with Gasteiger partial charge in [0.25, 0.3) is 0 Å². The molecule has 0 unspecified atom stereocenters. The molecule has 4 aromatic rings. The van der Waals surface area contributed by atoms with Crippen LogP contribution in [0.5, 0.6) is 5.75 Å². The molecule has 0 amide bonds. The van der Waals surface area contributed by atoms with Gasteiger partial charge in [0.1, 0.15) is 11.6 Å². The molecule has 5 rings (SSSR count). The van der Waals surface area contributed by atoms with Crippen LogP contribution >= 0.6 is 15.9 Å². The Hall–Kier alpha value is -2.97. The number of aromatic nitrogens is 4. The Balaban J connectivity index is 1.31. The van der Waals surface area contributed by atoms with E-state index in [0.29, 0.717) is 18.2 Å². The van der Waals surface area contributed by atoms with Gasteiger partial charge in [0.2, 0.25) is 0 Å². The largest absolute Gasteiger partial charge is 0.508 e. The van der Waals surface area contributed by atoms with Crippen LogP contribution in [0.25, 0.3) is 5.65 Å². The van der Waals surface area contributed by atoms with Gasteiger partial charge in [-0.1, -0.05) is 12.1 Å². The van der Waals surface area contributed by atoms with Crippen molar-refractivity contribution >= 4 is 27.4 Å². The summed E-state index contributed by atoms with van der Waals surface area (Å²) in [7, 11) is 0. The van der Waals surface area contributed by atoms with Crippen LogP contribution in [0.15, 0.2) is 59.5 Å². The molecular weight excluding hydrogens is 480 g/mol. The number of rotatable bonds is 6. The van der Waals surface area contributed by atoms with Gasteiger partial charge in [-0.2, -0.15) is 9.61 Å². The third-order valence-electron chi connectivity index (χ3n) is 6.38. The summed E-state index contributed by atoms with van der Waals surface area (Å²) >= 11 is 3.60. The van der Waals surface area contributed by atoms with Gasteiger partial charge >= 0.3 is 0 Å². The number of hydrogen-bond donors (Lipinski definition) is 2. The first-order chi connectivity index (χ1) is 16.1. The van der Waals surface area contributed by atoms with E-state index >= 15 is 0 Å². The van der Waals surface area contributed by atoms with Gasteiger partial charge < -0.3 is 10.4 Å². The molecule has 3 aromatic heterocycles. The first-order valence-electron chi connectivity index (χ1n) is 11.2. The van der Waals surface area contributed by atoms with Crippen molar-refractivity contribution in [2.45, 2.75) is 38.8 Å². The highest BCUT2D eigenvalue weighted by atomic mass is 79.9. The number of fused-ring (bicyclic) bond motifs is 1. The number of benzene rings is 1. The topological polar surface area (TPSA) is 78.6 Å². The maximum absolute atomic E-state index is 9.84. The first kappa shape index (κ1) is 21.9. The third kappa shape index (κ3) is 4.86. The van der Waals surface area contributed by atoms with Crippen LogP contribution in [0.3, 0.4) is 0 Å². The van der Waals surface area contributed by atoms with Crippen molar-refractivity contribution in [2.75, 3.05) is 18.4 Å². The molecule has 2 N–H and O–H groups in total. The molecule has 8 heteroatoms. The van der Waals surface area contributed by atoms with Crippen molar-refractivity contribution in [3.05, 3.63) is 81.8 Å². The van der Waals surface area contributed by atoms with Crippen LogP contribution < -0.4 is 5.32 Å². The smallest absolute Gasteiger partial charge is 0.171 e. The van der Waals surface area contributed by atoms with Gasteiger partial charge in [-0.3, -0.25) is 9.88 Å². The number of likely N-dealkylation sites (tertiary alicyclic amines) is 1. The minimum Gasteiger partial charge on any atom is -0.508 e. The number of phenolic OH excluding ortho intramolecular Hbond substituents is 1. The summed E-state index contributed by atoms with van der Waals surface area (Å²) in [6, 6.07) is 11.8. The van der Waals surface area contributed by atoms with Crippen molar-refractivity contribution < 1.29 is 5.11 Å². The molecule has 4 heterocycles. The fourth-order valence-corrected chi connectivity index (χ4v) is 4.79. The predicted molar refractivity (Wildman–Crippen MR) is 132 cm³/mol. The molecule has 1 fully saturated rings. The average molecular weight is 507 g/mol. The molecule has 0 aliphatic carbocycles. The number of aryl methyl sites for hydroxylation is 1. The molecule has 170 valence electrons. The van der Waals surface area contributed by atoms with Crippen LogP contribution in [0.2, 0.25) is 0 Å². The molecule has 1 aliphatic heterocycles. The summed E-state index contributed by atoms with van der Waals surface area (Å²) < 4.78 is 2.74. The lowest BCUT2D eigenvalue weighted by molar-refractivity contribution is 0.203. The molecule has 0 bridgehead atoms. The van der Waals surface area contributed by atoms with Crippen LogP contribution in [0, 0.1) is 6.92 Å². The summed E-state index contributed by atoms with van der Waals surface area (Å²) in [5, 5.41) is 17.9. The highest BCUT2D eigenvalue weighted by Crippen LogP contribution is 2.31. The number of piperidine rings is 1. The second-order valence-corrected chi connectivity index (χ2v) is 9.52. The molecule has 33 heavy (non-hydrogen) atoms. The Bertz CT molecular complexity index is 1250. The fraction of sp³-hybridized carbons (Fsp3) is 0.320. The van der Waals surface area contributed by atoms with Gasteiger partial charge in [-0.05, 0) is 83.7 Å². The van der Waals surface area contributed by atoms with E-state index in [0.717, 1.165) is 59.7 Å². The fourth-order valence-electron chi connectivity index (χ4n) is 4.44. The van der Waals surface area contributed by atoms with Crippen LogP contribution in [-0.4, -0.2) is 42.7 Å². The number of nitrogens with zero attached hydrogens (tertiary/aromatic N) is 5. The van der Waals surface area contributed by atoms with Crippen molar-refractivity contribution in [3.8, 4) is 5.75 Å². The SMILES string of the molecule is Cc1ccc(O)cc1CN1CCC(c2cc(NCc3cccnc3)n3ncc(Br)c3n2)CC1. The second-order valence-electron chi connectivity index (χ2n) is 8.67. The van der Waals surface area contributed by atoms with Crippen LogP contribution in [0.1, 0.15) is 41.1 Å². The minimum atomic E-state index is 0.334. The Kier molecular flexibility index (Phi) is 6.28. The van der Waals surface area contributed by atoms with E-state index in [9.17, 15) is 5.11 Å². The summed E-state index contributed by atoms with van der Waals surface area (Å²) in [4.78, 5) is 11.6. The molecular formula is C25H27BrN6O. The number of phenols is 1. The van der Waals surface area contributed by atoms with E-state index in [-0.39, 0.29) is 0 Å². The Morgan fingerprint density at radius 2 is 2.00 bits per heavy atom. The van der Waals surface area contributed by atoms with Gasteiger partial charge in [-0.15, -0.1) is 0 Å². The molecule has 0 spiro atoms. The average Bonchev–Trinajstić information content (AvgIpc) is 3.22. The van der Waals surface area contributed by atoms with Gasteiger partial charge in [0.05, 0.1) is 10.7 Å². The summed E-state index contributed by atoms with van der Waals surface area (Å²) in [6.45, 7) is 5.65. The van der Waals surface area contributed by atoms with E-state index in [2.05, 4.69) is 55.3 Å². The van der Waals surface area contributed by atoms with Crippen LogP contribution in [-0.2, 0) is 13.1 Å². The number of aromatic hydroxyl groups is 1. The van der Waals surface area contributed by atoms with E-state index in [1.54, 1.807) is 18.5 Å². The molecule has 1 aliphatic rings. The first-order valence-corrected chi connectivity index (χ1v) is 12.0. The lowest BCUT2D eigenvalue weighted by atomic mass is 9.92. The van der Waals surface area contributed by atoms with E-state index in [1.165, 1.54) is 11.1 Å². The lowest BCUT2D eigenvalue weighted by Crippen LogP contribution is -2.33. The monoisotopic (exact) mass is 506 g/mol. The molecule has 0 atom stereocenters. The maximum Gasteiger partial charge on any atom is 0.171 e. The van der Waals surface area contributed by atoms with E-state index < -0.39 is 0 Å². The third-order valence-corrected chi connectivity index (χ3v) is 6.94. The van der Waals surface area contributed by atoms with Crippen molar-refractivity contribution in [1.29, 1.82) is 0 Å². The zero-order chi connectivity index (χ0) is 22.8. The number of hydrogen-bond acceptors (Lipinski definition) is 6. The summed E-state index contributed by atoms with van der Waals surface area (Å²) in [5.74, 6) is 1.67. The molecule has 0 saturated carbocycles. The minimum absolute atomic E-state index is 0.334. The van der Waals surface area contributed by atoms with Crippen molar-refractivity contribution in [1.82, 2.24) is 24.5 Å². The van der Waals surface area contributed by atoms with Crippen molar-refractivity contribution in [3.63, 3.8) is 0 Å². The Morgan fingerprint density at radius 1 is 1.15 bits per heavy atom. The van der Waals surface area contributed by atoms with Gasteiger partial charge in [0, 0.05) is 43.2 Å². The number of anilines is 1. The highest BCUT2D eigenvalue weighted by Gasteiger charge is 2.24. The van der Waals surface area contributed by atoms with Gasteiger partial charge in [0.15, 0.2) is 5.65 Å². The molecule has 0 radical (unpaired) electrons. The lowest BCUT2D eigenvalue weighted by Gasteiger charge is -2.32. The van der Waals surface area contributed by atoms with Gasteiger partial charge in [-0.25, -0.2) is 4.98 Å². The van der Waals surface area contributed by atoms with E-state index in [1.807, 2.05) is 28.9 Å². The van der Waals surface area contributed by atoms with E-state index in [4.69, 9.17) is 4.98 Å². The quantitative estimate of drug-likeness (QED) is 0.387. The Labute approximate surface area is 201 Å². The zero-order valence-corrected chi connectivity index (χ0v) is 20.2. The predicted octanol–water partition coefficient (Wildman–Crippen LogP) is 4.89. The maximum atomic E-state index is 9.84. The summed E-state index contributed by atoms with van der Waals surface area (Å²) in [6.07, 6.45) is 7.55. The molecule has 1 saturated heterocycles. The highest BCUT2D eigenvalue weighted by molar-refractivity contribution is 9.10. The molecule has 7 nitrogen and oxygen atoms in total. The Morgan fingerprint density at radius 3 is 2.79 bits per heavy atom. The number of pyridine rings is 1. The van der Waals surface area contributed by atoms with Crippen LogP contribution in [0.4, 0.5) is 5.82 Å². The zero-order valence-electron chi connectivity index (χ0n) is 18.6. The number of nitrogens with one attached hydrogen (secondary N) is 1. The molecule has 1 aromatic carbocycles. The second kappa shape index (κ2) is 9.49.